The fraction of sp³-hybridized carbons (Fsp3) is 0.310. The van der Waals surface area contributed by atoms with Crippen molar-refractivity contribution >= 4 is 35.0 Å². The van der Waals surface area contributed by atoms with E-state index in [0.29, 0.717) is 28.0 Å². The van der Waals surface area contributed by atoms with Crippen LogP contribution in [0.5, 0.6) is 11.5 Å². The molecular weight excluding hydrogens is 511 g/mol. The van der Waals surface area contributed by atoms with Gasteiger partial charge in [0.15, 0.2) is 6.61 Å². The number of carbonyl (C=O) groups is 2. The maximum absolute atomic E-state index is 13.6. The summed E-state index contributed by atoms with van der Waals surface area (Å²) >= 11 is 12.4. The number of hydrogen-bond acceptors (Lipinski definition) is 4. The second-order valence-corrected chi connectivity index (χ2v) is 10.5. The van der Waals surface area contributed by atoms with E-state index in [1.807, 2.05) is 51.1 Å². The molecule has 2 amide bonds. The Labute approximate surface area is 228 Å². The topological polar surface area (TPSA) is 67.9 Å². The van der Waals surface area contributed by atoms with E-state index >= 15 is 0 Å². The summed E-state index contributed by atoms with van der Waals surface area (Å²) in [6.45, 7) is 5.62. The van der Waals surface area contributed by atoms with Crippen LogP contribution in [0.1, 0.15) is 31.9 Å². The lowest BCUT2D eigenvalue weighted by atomic mass is 10.0. The molecule has 3 aromatic rings. The maximum Gasteiger partial charge on any atom is 0.261 e. The van der Waals surface area contributed by atoms with Crippen molar-refractivity contribution in [1.29, 1.82) is 0 Å². The first-order valence-electron chi connectivity index (χ1n) is 11.9. The zero-order chi connectivity index (χ0) is 27.0. The normalized spacial score (nSPS) is 11.9. The van der Waals surface area contributed by atoms with Crippen LogP contribution in [-0.4, -0.2) is 42.0 Å². The summed E-state index contributed by atoms with van der Waals surface area (Å²) in [5, 5.41) is 3.82. The molecule has 0 aliphatic rings. The van der Waals surface area contributed by atoms with Gasteiger partial charge in [0.25, 0.3) is 5.91 Å². The van der Waals surface area contributed by atoms with E-state index in [1.165, 1.54) is 4.90 Å². The number of nitrogens with one attached hydrogen (secondary N) is 1. The van der Waals surface area contributed by atoms with Gasteiger partial charge >= 0.3 is 0 Å². The van der Waals surface area contributed by atoms with Gasteiger partial charge in [-0.25, -0.2) is 0 Å². The summed E-state index contributed by atoms with van der Waals surface area (Å²) in [6, 6.07) is 20.9. The minimum atomic E-state index is -0.789. The van der Waals surface area contributed by atoms with E-state index in [1.54, 1.807) is 49.6 Å². The minimum absolute atomic E-state index is 0.150. The standard InChI is InChI=1S/C29H32Cl2N2O4/c1-29(2,3)32-28(35)26(17-20-8-6-5-7-9-20)33(18-21-10-15-24(30)25(31)16-21)27(34)19-37-23-13-11-22(36-4)12-14-23/h5-16,26H,17-19H2,1-4H3,(H,32,35)/t26-/m1/s1. The molecule has 0 fully saturated rings. The average molecular weight is 543 g/mol. The molecule has 0 aromatic heterocycles. The summed E-state index contributed by atoms with van der Waals surface area (Å²) in [6.07, 6.45) is 0.332. The fourth-order valence-corrected chi connectivity index (χ4v) is 4.06. The SMILES string of the molecule is COc1ccc(OCC(=O)N(Cc2ccc(Cl)c(Cl)c2)[C@H](Cc2ccccc2)C(=O)NC(C)(C)C)cc1. The lowest BCUT2D eigenvalue weighted by molar-refractivity contribution is -0.143. The molecule has 37 heavy (non-hydrogen) atoms. The zero-order valence-electron chi connectivity index (χ0n) is 21.5. The lowest BCUT2D eigenvalue weighted by Gasteiger charge is -2.33. The lowest BCUT2D eigenvalue weighted by Crippen LogP contribution is -2.55. The van der Waals surface area contributed by atoms with Crippen molar-refractivity contribution in [2.45, 2.75) is 45.3 Å². The number of nitrogens with zero attached hydrogens (tertiary/aromatic N) is 1. The molecule has 0 saturated carbocycles. The van der Waals surface area contributed by atoms with Gasteiger partial charge < -0.3 is 19.7 Å². The van der Waals surface area contributed by atoms with Crippen LogP contribution in [0.3, 0.4) is 0 Å². The van der Waals surface area contributed by atoms with Gasteiger partial charge in [-0.1, -0.05) is 59.6 Å². The molecule has 3 rings (SSSR count). The van der Waals surface area contributed by atoms with Gasteiger partial charge in [0.1, 0.15) is 17.5 Å². The number of ether oxygens (including phenoxy) is 2. The first-order valence-corrected chi connectivity index (χ1v) is 12.7. The fourth-order valence-electron chi connectivity index (χ4n) is 3.74. The van der Waals surface area contributed by atoms with E-state index in [-0.39, 0.29) is 25.0 Å². The van der Waals surface area contributed by atoms with Gasteiger partial charge in [-0.15, -0.1) is 0 Å². The van der Waals surface area contributed by atoms with Crippen molar-refractivity contribution in [1.82, 2.24) is 10.2 Å². The molecule has 0 aliphatic carbocycles. The molecule has 0 unspecified atom stereocenters. The quantitative estimate of drug-likeness (QED) is 0.344. The first-order chi connectivity index (χ1) is 17.6. The molecule has 0 aliphatic heterocycles. The number of methoxy groups -OCH3 is 1. The van der Waals surface area contributed by atoms with Crippen LogP contribution >= 0.6 is 23.2 Å². The Morgan fingerprint density at radius 1 is 0.892 bits per heavy atom. The van der Waals surface area contributed by atoms with Crippen LogP contribution < -0.4 is 14.8 Å². The monoisotopic (exact) mass is 542 g/mol. The Hall–Kier alpha value is -3.22. The van der Waals surface area contributed by atoms with Gasteiger partial charge in [-0.2, -0.15) is 0 Å². The van der Waals surface area contributed by atoms with Gasteiger partial charge in [-0.05, 0) is 68.3 Å². The third kappa shape index (κ3) is 8.69. The Morgan fingerprint density at radius 2 is 1.54 bits per heavy atom. The van der Waals surface area contributed by atoms with Gasteiger partial charge in [-0.3, -0.25) is 9.59 Å². The minimum Gasteiger partial charge on any atom is -0.497 e. The predicted octanol–water partition coefficient (Wildman–Crippen LogP) is 5.94. The Morgan fingerprint density at radius 3 is 2.14 bits per heavy atom. The van der Waals surface area contributed by atoms with Crippen LogP contribution in [0, 0.1) is 0 Å². The highest BCUT2D eigenvalue weighted by atomic mass is 35.5. The summed E-state index contributed by atoms with van der Waals surface area (Å²) < 4.78 is 11.0. The van der Waals surface area contributed by atoms with Crippen LogP contribution in [0.25, 0.3) is 0 Å². The molecule has 1 N–H and O–H groups in total. The predicted molar refractivity (Wildman–Crippen MR) is 147 cm³/mol. The smallest absolute Gasteiger partial charge is 0.261 e. The molecule has 0 heterocycles. The molecule has 0 saturated heterocycles. The Balaban J connectivity index is 1.93. The van der Waals surface area contributed by atoms with Crippen LogP contribution in [0.15, 0.2) is 72.8 Å². The molecule has 0 spiro atoms. The Bertz CT molecular complexity index is 1190. The number of hydrogen-bond donors (Lipinski definition) is 1. The van der Waals surface area contributed by atoms with Crippen LogP contribution in [-0.2, 0) is 22.6 Å². The van der Waals surface area contributed by atoms with E-state index in [9.17, 15) is 9.59 Å². The molecule has 0 bridgehead atoms. The van der Waals surface area contributed by atoms with E-state index < -0.39 is 11.6 Å². The number of benzene rings is 3. The van der Waals surface area contributed by atoms with E-state index in [4.69, 9.17) is 32.7 Å². The van der Waals surface area contributed by atoms with Crippen molar-refractivity contribution in [3.8, 4) is 11.5 Å². The van der Waals surface area contributed by atoms with E-state index in [2.05, 4.69) is 5.32 Å². The molecule has 1 atom stereocenters. The molecule has 6 nitrogen and oxygen atoms in total. The molecule has 3 aromatic carbocycles. The number of rotatable bonds is 10. The molecule has 196 valence electrons. The summed E-state index contributed by atoms with van der Waals surface area (Å²) in [4.78, 5) is 28.7. The third-order valence-electron chi connectivity index (χ3n) is 5.53. The second-order valence-electron chi connectivity index (χ2n) is 9.68. The van der Waals surface area contributed by atoms with Gasteiger partial charge in [0.05, 0.1) is 17.2 Å². The number of amides is 2. The van der Waals surface area contributed by atoms with Crippen molar-refractivity contribution in [2.75, 3.05) is 13.7 Å². The van der Waals surface area contributed by atoms with Crippen molar-refractivity contribution in [2.24, 2.45) is 0 Å². The number of carbonyl (C=O) groups excluding carboxylic acids is 2. The third-order valence-corrected chi connectivity index (χ3v) is 6.27. The summed E-state index contributed by atoms with van der Waals surface area (Å²) in [5.74, 6) is 0.602. The first kappa shape index (κ1) is 28.4. The second kappa shape index (κ2) is 12.8. The summed E-state index contributed by atoms with van der Waals surface area (Å²) in [7, 11) is 1.58. The van der Waals surface area contributed by atoms with Crippen LogP contribution in [0.2, 0.25) is 10.0 Å². The van der Waals surface area contributed by atoms with Crippen LogP contribution in [0.4, 0.5) is 0 Å². The molecule has 0 radical (unpaired) electrons. The highest BCUT2D eigenvalue weighted by molar-refractivity contribution is 6.42. The molecule has 8 heteroatoms. The van der Waals surface area contributed by atoms with Crippen molar-refractivity contribution in [3.05, 3.63) is 94.0 Å². The highest BCUT2D eigenvalue weighted by Gasteiger charge is 2.32. The van der Waals surface area contributed by atoms with Crippen molar-refractivity contribution < 1.29 is 19.1 Å². The maximum atomic E-state index is 13.6. The highest BCUT2D eigenvalue weighted by Crippen LogP contribution is 2.25. The Kier molecular flexibility index (Phi) is 9.84. The van der Waals surface area contributed by atoms with Crippen molar-refractivity contribution in [3.63, 3.8) is 0 Å². The molecular formula is C29H32Cl2N2O4. The largest absolute Gasteiger partial charge is 0.497 e. The van der Waals surface area contributed by atoms with Gasteiger partial charge in [0.2, 0.25) is 5.91 Å². The average Bonchev–Trinajstić information content (AvgIpc) is 2.86. The van der Waals surface area contributed by atoms with E-state index in [0.717, 1.165) is 11.1 Å². The number of halogens is 2. The summed E-state index contributed by atoms with van der Waals surface area (Å²) in [5.41, 5.74) is 1.19. The van der Waals surface area contributed by atoms with Gasteiger partial charge in [0, 0.05) is 18.5 Å². The zero-order valence-corrected chi connectivity index (χ0v) is 23.0.